The molecule has 0 spiro atoms. The first-order valence-electron chi connectivity index (χ1n) is 5.77. The third-order valence-electron chi connectivity index (χ3n) is 2.87. The number of nitrogens with one attached hydrogen (secondary N) is 1. The van der Waals surface area contributed by atoms with Gasteiger partial charge in [0.05, 0.1) is 6.10 Å². The van der Waals surface area contributed by atoms with Gasteiger partial charge in [0.15, 0.2) is 0 Å². The zero-order valence-corrected chi connectivity index (χ0v) is 11.5. The summed E-state index contributed by atoms with van der Waals surface area (Å²) in [6.45, 7) is 5.61. The van der Waals surface area contributed by atoms with E-state index in [1.807, 2.05) is 27.0 Å². The monoisotopic (exact) mass is 257 g/mol. The smallest absolute Gasteiger partial charge is 0.129 e. The molecule has 0 aromatic heterocycles. The fourth-order valence-corrected chi connectivity index (χ4v) is 2.64. The van der Waals surface area contributed by atoms with Gasteiger partial charge < -0.3 is 10.4 Å². The first-order valence-corrected chi connectivity index (χ1v) is 6.65. The molecule has 0 saturated heterocycles. The fraction of sp³-hybridized carbons (Fsp3) is 0.538. The lowest BCUT2D eigenvalue weighted by atomic mass is 10.1. The van der Waals surface area contributed by atoms with Crippen molar-refractivity contribution in [1.82, 2.24) is 5.32 Å². The van der Waals surface area contributed by atoms with E-state index >= 15 is 0 Å². The molecule has 0 aliphatic heterocycles. The Morgan fingerprint density at radius 3 is 2.47 bits per heavy atom. The normalized spacial score (nSPS) is 16.6. The summed E-state index contributed by atoms with van der Waals surface area (Å²) in [6.07, 6.45) is -0.416. The summed E-state index contributed by atoms with van der Waals surface area (Å²) in [6, 6.07) is 5.04. The van der Waals surface area contributed by atoms with Gasteiger partial charge in [0.25, 0.3) is 0 Å². The van der Waals surface area contributed by atoms with Crippen molar-refractivity contribution in [2.24, 2.45) is 0 Å². The second kappa shape index (κ2) is 6.38. The third kappa shape index (κ3) is 3.69. The van der Waals surface area contributed by atoms with Gasteiger partial charge in [-0.3, -0.25) is 0 Å². The molecular weight excluding hydrogens is 237 g/mol. The Bertz CT molecular complexity index is 370. The molecule has 0 fully saturated rings. The molecule has 1 aromatic rings. The second-order valence-corrected chi connectivity index (χ2v) is 5.64. The highest BCUT2D eigenvalue weighted by Crippen LogP contribution is 2.33. The maximum atomic E-state index is 13.8. The topological polar surface area (TPSA) is 32.3 Å². The zero-order chi connectivity index (χ0) is 13.0. The van der Waals surface area contributed by atoms with E-state index in [4.69, 9.17) is 0 Å². The van der Waals surface area contributed by atoms with Crippen LogP contribution >= 0.6 is 11.8 Å². The average molecular weight is 257 g/mol. The van der Waals surface area contributed by atoms with Crippen LogP contribution in [-0.2, 0) is 0 Å². The molecule has 3 unspecified atom stereocenters. The maximum Gasteiger partial charge on any atom is 0.129 e. The zero-order valence-electron chi connectivity index (χ0n) is 10.7. The van der Waals surface area contributed by atoms with Gasteiger partial charge in [-0.2, -0.15) is 0 Å². The van der Waals surface area contributed by atoms with E-state index < -0.39 is 6.10 Å². The van der Waals surface area contributed by atoms with Crippen molar-refractivity contribution in [3.63, 3.8) is 0 Å². The summed E-state index contributed by atoms with van der Waals surface area (Å²) in [5, 5.41) is 12.6. The highest BCUT2D eigenvalue weighted by Gasteiger charge is 2.18. The Kier molecular flexibility index (Phi) is 5.43. The summed E-state index contributed by atoms with van der Waals surface area (Å²) in [4.78, 5) is 0.889. The van der Waals surface area contributed by atoms with Crippen molar-refractivity contribution in [2.75, 3.05) is 7.05 Å². The third-order valence-corrected chi connectivity index (χ3v) is 4.25. The lowest BCUT2D eigenvalue weighted by Gasteiger charge is -2.20. The second-order valence-electron chi connectivity index (χ2n) is 4.23. The van der Waals surface area contributed by atoms with Crippen LogP contribution in [0.2, 0.25) is 0 Å². The summed E-state index contributed by atoms with van der Waals surface area (Å²) < 4.78 is 13.8. The van der Waals surface area contributed by atoms with Crippen molar-refractivity contribution >= 4 is 11.8 Å². The van der Waals surface area contributed by atoms with E-state index in [2.05, 4.69) is 5.32 Å². The highest BCUT2D eigenvalue weighted by atomic mass is 32.2. The average Bonchev–Trinajstić information content (AvgIpc) is 2.28. The lowest BCUT2D eigenvalue weighted by Crippen LogP contribution is -2.18. The number of aliphatic hydroxyl groups is 1. The predicted octanol–water partition coefficient (Wildman–Crippen LogP) is 2.97. The standard InChI is InChI=1S/C13H20FNOS/c1-8(15-4)13-11(14)6-5-7-12(13)17-10(3)9(2)16/h5-10,15-16H,1-4H3. The molecule has 0 saturated carbocycles. The van der Waals surface area contributed by atoms with Gasteiger partial charge in [0.1, 0.15) is 5.82 Å². The van der Waals surface area contributed by atoms with E-state index in [-0.39, 0.29) is 17.1 Å². The van der Waals surface area contributed by atoms with E-state index in [1.165, 1.54) is 17.8 Å². The Morgan fingerprint density at radius 1 is 1.29 bits per heavy atom. The van der Waals surface area contributed by atoms with Gasteiger partial charge in [0.2, 0.25) is 0 Å². The molecule has 96 valence electrons. The molecule has 0 bridgehead atoms. The van der Waals surface area contributed by atoms with Crippen LogP contribution in [0.1, 0.15) is 32.4 Å². The molecule has 4 heteroatoms. The SMILES string of the molecule is CNC(C)c1c(F)cccc1SC(C)C(C)O. The van der Waals surface area contributed by atoms with Crippen molar-refractivity contribution in [2.45, 2.75) is 43.1 Å². The Balaban J connectivity index is 3.02. The minimum atomic E-state index is -0.416. The van der Waals surface area contributed by atoms with E-state index in [0.29, 0.717) is 5.56 Å². The van der Waals surface area contributed by atoms with E-state index in [0.717, 1.165) is 4.90 Å². The largest absolute Gasteiger partial charge is 0.392 e. The number of halogens is 1. The maximum absolute atomic E-state index is 13.8. The van der Waals surface area contributed by atoms with Crippen LogP contribution in [0.3, 0.4) is 0 Å². The van der Waals surface area contributed by atoms with Crippen LogP contribution in [0.15, 0.2) is 23.1 Å². The molecule has 1 aromatic carbocycles. The molecule has 2 N–H and O–H groups in total. The summed E-state index contributed by atoms with van der Waals surface area (Å²) >= 11 is 1.51. The highest BCUT2D eigenvalue weighted by molar-refractivity contribution is 8.00. The van der Waals surface area contributed by atoms with Gasteiger partial charge in [-0.1, -0.05) is 13.0 Å². The molecule has 0 aliphatic rings. The molecule has 3 atom stereocenters. The molecule has 0 heterocycles. The first kappa shape index (κ1) is 14.5. The Labute approximate surface area is 107 Å². The summed E-state index contributed by atoms with van der Waals surface area (Å²) in [5.74, 6) is -0.199. The molecule has 1 rings (SSSR count). The number of rotatable bonds is 5. The number of aliphatic hydroxyl groups excluding tert-OH is 1. The molecule has 0 aliphatic carbocycles. The predicted molar refractivity (Wildman–Crippen MR) is 70.9 cm³/mol. The van der Waals surface area contributed by atoms with Crippen LogP contribution in [-0.4, -0.2) is 23.5 Å². The van der Waals surface area contributed by atoms with Crippen LogP contribution < -0.4 is 5.32 Å². The molecule has 2 nitrogen and oxygen atoms in total. The minimum absolute atomic E-state index is 0.0413. The van der Waals surface area contributed by atoms with Gasteiger partial charge in [-0.05, 0) is 33.0 Å². The van der Waals surface area contributed by atoms with Crippen LogP contribution in [0.25, 0.3) is 0 Å². The Morgan fingerprint density at radius 2 is 1.94 bits per heavy atom. The fourth-order valence-electron chi connectivity index (χ4n) is 1.48. The number of thioether (sulfide) groups is 1. The van der Waals surface area contributed by atoms with Crippen LogP contribution in [0, 0.1) is 5.82 Å². The first-order chi connectivity index (χ1) is 7.97. The van der Waals surface area contributed by atoms with Crippen molar-refractivity contribution in [3.8, 4) is 0 Å². The Hall–Kier alpha value is -0.580. The summed E-state index contributed by atoms with van der Waals surface area (Å²) in [5.41, 5.74) is 0.674. The van der Waals surface area contributed by atoms with Gasteiger partial charge in [-0.25, -0.2) is 4.39 Å². The quantitative estimate of drug-likeness (QED) is 0.795. The van der Waals surface area contributed by atoms with Crippen molar-refractivity contribution in [3.05, 3.63) is 29.6 Å². The minimum Gasteiger partial charge on any atom is -0.392 e. The van der Waals surface area contributed by atoms with Gasteiger partial charge in [-0.15, -0.1) is 11.8 Å². The molecule has 17 heavy (non-hydrogen) atoms. The number of benzene rings is 1. The molecule has 0 radical (unpaired) electrons. The van der Waals surface area contributed by atoms with Crippen LogP contribution in [0.4, 0.5) is 4.39 Å². The van der Waals surface area contributed by atoms with E-state index in [1.54, 1.807) is 13.0 Å². The summed E-state index contributed by atoms with van der Waals surface area (Å²) in [7, 11) is 1.81. The number of hydrogen-bond donors (Lipinski definition) is 2. The van der Waals surface area contributed by atoms with Crippen LogP contribution in [0.5, 0.6) is 0 Å². The van der Waals surface area contributed by atoms with Crippen molar-refractivity contribution in [1.29, 1.82) is 0 Å². The molecule has 0 amide bonds. The molecular formula is C13H20FNOS. The van der Waals surface area contributed by atoms with Crippen molar-refractivity contribution < 1.29 is 9.50 Å². The lowest BCUT2D eigenvalue weighted by molar-refractivity contribution is 0.196. The van der Waals surface area contributed by atoms with Gasteiger partial charge in [0, 0.05) is 21.8 Å². The number of hydrogen-bond acceptors (Lipinski definition) is 3. The van der Waals surface area contributed by atoms with E-state index in [9.17, 15) is 9.50 Å². The van der Waals surface area contributed by atoms with Gasteiger partial charge >= 0.3 is 0 Å².